The highest BCUT2D eigenvalue weighted by molar-refractivity contribution is 7.90. The van der Waals surface area contributed by atoms with Crippen LogP contribution in [-0.2, 0) is 15.6 Å². The summed E-state index contributed by atoms with van der Waals surface area (Å²) in [5.74, 6) is -0.0440. The van der Waals surface area contributed by atoms with Crippen molar-refractivity contribution < 1.29 is 12.9 Å². The Morgan fingerprint density at radius 2 is 1.72 bits per heavy atom. The lowest BCUT2D eigenvalue weighted by Crippen LogP contribution is -2.13. The molecule has 0 atom stereocenters. The van der Waals surface area contributed by atoms with Crippen molar-refractivity contribution in [2.45, 2.75) is 31.7 Å². The summed E-state index contributed by atoms with van der Waals surface area (Å²) in [6, 6.07) is 13.5. The molecule has 0 radical (unpaired) electrons. The SMILES string of the molecule is Cc1ccc(-c2noc(CS(=O)(=O)c3nccn3-c3cc(C)ccc3C)n2)cc1. The molecule has 7 nitrogen and oxygen atoms in total. The molecule has 0 amide bonds. The second-order valence-electron chi connectivity index (χ2n) is 7.01. The van der Waals surface area contributed by atoms with Crippen molar-refractivity contribution in [3.8, 4) is 17.1 Å². The van der Waals surface area contributed by atoms with Crippen LogP contribution in [0.25, 0.3) is 17.1 Å². The highest BCUT2D eigenvalue weighted by atomic mass is 32.2. The Morgan fingerprint density at radius 1 is 1.00 bits per heavy atom. The zero-order chi connectivity index (χ0) is 20.6. The van der Waals surface area contributed by atoms with Gasteiger partial charge in [0.25, 0.3) is 0 Å². The molecule has 0 saturated carbocycles. The number of nitrogens with zero attached hydrogens (tertiary/aromatic N) is 4. The minimum Gasteiger partial charge on any atom is -0.338 e. The number of sulfone groups is 1. The molecule has 0 saturated heterocycles. The predicted molar refractivity (Wildman–Crippen MR) is 108 cm³/mol. The van der Waals surface area contributed by atoms with Gasteiger partial charge in [-0.15, -0.1) is 0 Å². The number of aromatic nitrogens is 4. The minimum atomic E-state index is -3.80. The molecule has 0 spiro atoms. The van der Waals surface area contributed by atoms with E-state index < -0.39 is 15.6 Å². The normalized spacial score (nSPS) is 11.7. The van der Waals surface area contributed by atoms with Gasteiger partial charge in [-0.05, 0) is 38.0 Å². The van der Waals surface area contributed by atoms with E-state index in [4.69, 9.17) is 4.52 Å². The van der Waals surface area contributed by atoms with Crippen molar-refractivity contribution in [2.75, 3.05) is 0 Å². The molecule has 0 aliphatic rings. The molecule has 2 aromatic carbocycles. The van der Waals surface area contributed by atoms with E-state index in [1.165, 1.54) is 6.20 Å². The molecular formula is C21H20N4O3S. The van der Waals surface area contributed by atoms with Gasteiger partial charge in [-0.25, -0.2) is 13.4 Å². The van der Waals surface area contributed by atoms with Gasteiger partial charge in [-0.3, -0.25) is 4.57 Å². The van der Waals surface area contributed by atoms with E-state index >= 15 is 0 Å². The second kappa shape index (κ2) is 7.29. The molecule has 4 rings (SSSR count). The van der Waals surface area contributed by atoms with Crippen molar-refractivity contribution in [3.05, 3.63) is 77.4 Å². The Hall–Kier alpha value is -3.26. The quantitative estimate of drug-likeness (QED) is 0.499. The lowest BCUT2D eigenvalue weighted by molar-refractivity contribution is 0.389. The number of hydrogen-bond donors (Lipinski definition) is 0. The molecule has 0 bridgehead atoms. The van der Waals surface area contributed by atoms with E-state index in [1.807, 2.05) is 63.2 Å². The summed E-state index contributed by atoms with van der Waals surface area (Å²) in [6.07, 6.45) is 3.11. The Labute approximate surface area is 169 Å². The standard InChI is InChI=1S/C21H20N4O3S/c1-14-5-8-17(9-6-14)20-23-19(28-24-20)13-29(26,27)21-22-10-11-25(21)18-12-15(2)4-7-16(18)3/h4-12H,13H2,1-3H3. The fraction of sp³-hybridized carbons (Fsp3) is 0.190. The molecule has 0 unspecified atom stereocenters. The summed E-state index contributed by atoms with van der Waals surface area (Å²) in [5.41, 5.74) is 4.62. The van der Waals surface area contributed by atoms with E-state index in [2.05, 4.69) is 15.1 Å². The maximum atomic E-state index is 13.0. The molecule has 0 aliphatic carbocycles. The van der Waals surface area contributed by atoms with Gasteiger partial charge in [0.2, 0.25) is 26.7 Å². The van der Waals surface area contributed by atoms with Gasteiger partial charge in [-0.2, -0.15) is 4.98 Å². The number of hydrogen-bond acceptors (Lipinski definition) is 6. The Bertz CT molecular complexity index is 1270. The first-order valence-electron chi connectivity index (χ1n) is 9.07. The molecule has 0 aliphatic heterocycles. The first-order chi connectivity index (χ1) is 13.8. The first kappa shape index (κ1) is 19.1. The van der Waals surface area contributed by atoms with E-state index in [9.17, 15) is 8.42 Å². The van der Waals surface area contributed by atoms with Gasteiger partial charge >= 0.3 is 0 Å². The van der Waals surface area contributed by atoms with Crippen molar-refractivity contribution in [1.29, 1.82) is 0 Å². The van der Waals surface area contributed by atoms with Crippen LogP contribution in [0.1, 0.15) is 22.6 Å². The molecule has 2 heterocycles. The van der Waals surface area contributed by atoms with Gasteiger partial charge < -0.3 is 4.52 Å². The van der Waals surface area contributed by atoms with E-state index in [0.29, 0.717) is 5.82 Å². The van der Waals surface area contributed by atoms with Crippen LogP contribution in [0.3, 0.4) is 0 Å². The molecule has 4 aromatic rings. The van der Waals surface area contributed by atoms with Crippen LogP contribution in [0.15, 0.2) is 64.5 Å². The van der Waals surface area contributed by atoms with Gasteiger partial charge in [0.15, 0.2) is 0 Å². The third-order valence-corrected chi connectivity index (χ3v) is 6.09. The Kier molecular flexibility index (Phi) is 4.79. The second-order valence-corrected chi connectivity index (χ2v) is 8.89. The third-order valence-electron chi connectivity index (χ3n) is 4.60. The fourth-order valence-electron chi connectivity index (χ4n) is 3.04. The topological polar surface area (TPSA) is 90.9 Å². The third kappa shape index (κ3) is 3.84. The number of aryl methyl sites for hydroxylation is 3. The lowest BCUT2D eigenvalue weighted by Gasteiger charge is -2.11. The molecule has 8 heteroatoms. The molecule has 29 heavy (non-hydrogen) atoms. The van der Waals surface area contributed by atoms with E-state index in [0.717, 1.165) is 27.9 Å². The van der Waals surface area contributed by atoms with Crippen molar-refractivity contribution in [1.82, 2.24) is 19.7 Å². The van der Waals surface area contributed by atoms with Crippen molar-refractivity contribution in [3.63, 3.8) is 0 Å². The predicted octanol–water partition coefficient (Wildman–Crippen LogP) is 3.82. The van der Waals surface area contributed by atoms with E-state index in [-0.39, 0.29) is 11.0 Å². The number of benzene rings is 2. The zero-order valence-corrected chi connectivity index (χ0v) is 17.1. The average molecular weight is 408 g/mol. The van der Waals surface area contributed by atoms with Crippen LogP contribution in [0.2, 0.25) is 0 Å². The van der Waals surface area contributed by atoms with Crippen LogP contribution in [-0.4, -0.2) is 28.1 Å². The Balaban J connectivity index is 1.65. The Morgan fingerprint density at radius 3 is 2.48 bits per heavy atom. The average Bonchev–Trinajstić information content (AvgIpc) is 3.34. The summed E-state index contributed by atoms with van der Waals surface area (Å²) < 4.78 is 32.8. The summed E-state index contributed by atoms with van der Waals surface area (Å²) in [7, 11) is -3.80. The van der Waals surface area contributed by atoms with Crippen molar-refractivity contribution >= 4 is 9.84 Å². The highest BCUT2D eigenvalue weighted by Crippen LogP contribution is 2.23. The van der Waals surface area contributed by atoms with Gasteiger partial charge in [0.1, 0.15) is 5.75 Å². The molecule has 0 N–H and O–H groups in total. The van der Waals surface area contributed by atoms with Crippen LogP contribution in [0.4, 0.5) is 0 Å². The summed E-state index contributed by atoms with van der Waals surface area (Å²) in [4.78, 5) is 8.34. The van der Waals surface area contributed by atoms with Crippen molar-refractivity contribution in [2.24, 2.45) is 0 Å². The van der Waals surface area contributed by atoms with Gasteiger partial charge in [0, 0.05) is 18.0 Å². The lowest BCUT2D eigenvalue weighted by atomic mass is 10.1. The summed E-state index contributed by atoms with van der Waals surface area (Å²) in [6.45, 7) is 5.87. The summed E-state index contributed by atoms with van der Waals surface area (Å²) in [5, 5.41) is 3.86. The monoisotopic (exact) mass is 408 g/mol. The van der Waals surface area contributed by atoms with E-state index in [1.54, 1.807) is 10.8 Å². The zero-order valence-electron chi connectivity index (χ0n) is 16.3. The largest absolute Gasteiger partial charge is 0.338 e. The highest BCUT2D eigenvalue weighted by Gasteiger charge is 2.26. The number of rotatable bonds is 5. The van der Waals surface area contributed by atoms with Crippen LogP contribution >= 0.6 is 0 Å². The first-order valence-corrected chi connectivity index (χ1v) is 10.7. The number of imidazole rings is 1. The van der Waals surface area contributed by atoms with Gasteiger partial charge in [-0.1, -0.05) is 47.1 Å². The fourth-order valence-corrected chi connectivity index (χ4v) is 4.29. The molecule has 0 fully saturated rings. The minimum absolute atomic E-state index is 0.0242. The molecule has 148 valence electrons. The van der Waals surface area contributed by atoms with Crippen LogP contribution < -0.4 is 0 Å². The maximum Gasteiger partial charge on any atom is 0.242 e. The van der Waals surface area contributed by atoms with Gasteiger partial charge in [0.05, 0.1) is 5.69 Å². The summed E-state index contributed by atoms with van der Waals surface area (Å²) >= 11 is 0. The smallest absolute Gasteiger partial charge is 0.242 e. The van der Waals surface area contributed by atoms with Crippen LogP contribution in [0.5, 0.6) is 0 Å². The van der Waals surface area contributed by atoms with Crippen LogP contribution in [0, 0.1) is 20.8 Å². The molecule has 2 aromatic heterocycles. The maximum absolute atomic E-state index is 13.0. The molecular weight excluding hydrogens is 388 g/mol.